The molecule has 1 aliphatic rings. The number of fused-ring (bicyclic) bond motifs is 1. The molecule has 7 nitrogen and oxygen atoms in total. The van der Waals surface area contributed by atoms with Crippen LogP contribution in [0.4, 0.5) is 5.69 Å². The Morgan fingerprint density at radius 3 is 2.50 bits per heavy atom. The number of nitrogens with zero attached hydrogens (tertiary/aromatic N) is 3. The number of carbonyl (C=O) groups excluding carboxylic acids is 2. The Morgan fingerprint density at radius 2 is 1.82 bits per heavy atom. The Kier molecular flexibility index (Phi) is 5.87. The van der Waals surface area contributed by atoms with Crippen molar-refractivity contribution in [2.24, 2.45) is 10.7 Å². The third-order valence-electron chi connectivity index (χ3n) is 4.57. The van der Waals surface area contributed by atoms with Gasteiger partial charge in [0.1, 0.15) is 0 Å². The number of nitrogens with one attached hydrogen (secondary N) is 1. The van der Waals surface area contributed by atoms with E-state index in [1.165, 1.54) is 4.90 Å². The van der Waals surface area contributed by atoms with E-state index in [0.717, 1.165) is 16.8 Å². The maximum atomic E-state index is 13.0. The molecule has 2 aromatic rings. The lowest BCUT2D eigenvalue weighted by molar-refractivity contribution is -0.128. The molecule has 1 aliphatic heterocycles. The lowest BCUT2D eigenvalue weighted by atomic mass is 10.0. The maximum Gasteiger partial charge on any atom is 0.272 e. The number of aliphatic imine (C=N–C) groups is 1. The molecule has 3 N–H and O–H groups in total. The summed E-state index contributed by atoms with van der Waals surface area (Å²) < 4.78 is 0. The van der Waals surface area contributed by atoms with Crippen molar-refractivity contribution in [1.82, 2.24) is 10.2 Å². The number of hydrogen-bond acceptors (Lipinski definition) is 5. The van der Waals surface area contributed by atoms with E-state index in [-0.39, 0.29) is 5.91 Å². The van der Waals surface area contributed by atoms with Crippen LogP contribution in [-0.4, -0.2) is 62.3 Å². The van der Waals surface area contributed by atoms with Crippen molar-refractivity contribution in [2.45, 2.75) is 12.2 Å². The van der Waals surface area contributed by atoms with Gasteiger partial charge in [0.25, 0.3) is 5.91 Å². The lowest BCUT2D eigenvalue weighted by Crippen LogP contribution is -2.53. The lowest BCUT2D eigenvalue weighted by Gasteiger charge is -2.22. The monoisotopic (exact) mass is 379 g/mol. The zero-order valence-electron chi connectivity index (χ0n) is 16.3. The van der Waals surface area contributed by atoms with Crippen molar-refractivity contribution in [3.05, 3.63) is 65.7 Å². The first-order valence-electron chi connectivity index (χ1n) is 9.09. The van der Waals surface area contributed by atoms with E-state index in [1.54, 1.807) is 7.05 Å². The maximum absolute atomic E-state index is 13.0. The fourth-order valence-corrected chi connectivity index (χ4v) is 3.16. The molecule has 28 heavy (non-hydrogen) atoms. The summed E-state index contributed by atoms with van der Waals surface area (Å²) in [7, 11) is 5.35. The van der Waals surface area contributed by atoms with E-state index in [0.29, 0.717) is 12.3 Å². The van der Waals surface area contributed by atoms with Crippen LogP contribution in [0.1, 0.15) is 11.1 Å². The largest absolute Gasteiger partial charge is 0.325 e. The molecule has 3 rings (SSSR count). The second-order valence-electron chi connectivity index (χ2n) is 7.04. The van der Waals surface area contributed by atoms with Crippen LogP contribution >= 0.6 is 0 Å². The SMILES string of the molecule is CN(C)CC(N)C(=O)NC1N=C(c2ccccc2)c2ccccc2N(C)C1=O. The molecule has 0 fully saturated rings. The summed E-state index contributed by atoms with van der Waals surface area (Å²) in [6.45, 7) is 0.373. The predicted octanol–water partition coefficient (Wildman–Crippen LogP) is 0.832. The Balaban J connectivity index is 2.02. The summed E-state index contributed by atoms with van der Waals surface area (Å²) in [5, 5.41) is 2.71. The van der Waals surface area contributed by atoms with E-state index in [1.807, 2.05) is 73.6 Å². The van der Waals surface area contributed by atoms with Crippen molar-refractivity contribution in [1.29, 1.82) is 0 Å². The average molecular weight is 379 g/mol. The van der Waals surface area contributed by atoms with E-state index >= 15 is 0 Å². The number of para-hydroxylation sites is 1. The highest BCUT2D eigenvalue weighted by Gasteiger charge is 2.31. The van der Waals surface area contributed by atoms with Gasteiger partial charge in [-0.25, -0.2) is 4.99 Å². The van der Waals surface area contributed by atoms with Crippen molar-refractivity contribution in [2.75, 3.05) is 32.6 Å². The van der Waals surface area contributed by atoms with Gasteiger partial charge in [-0.2, -0.15) is 0 Å². The van der Waals surface area contributed by atoms with Gasteiger partial charge < -0.3 is 20.9 Å². The van der Waals surface area contributed by atoms with Crippen molar-refractivity contribution in [3.63, 3.8) is 0 Å². The molecule has 0 bridgehead atoms. The Hall–Kier alpha value is -3.03. The minimum absolute atomic E-state index is 0.316. The summed E-state index contributed by atoms with van der Waals surface area (Å²) in [5.41, 5.74) is 9.05. The molecule has 2 atom stereocenters. The summed E-state index contributed by atoms with van der Waals surface area (Å²) in [5.74, 6) is -0.730. The number of likely N-dealkylation sites (N-methyl/N-ethyl adjacent to an activating group) is 2. The van der Waals surface area contributed by atoms with Crippen LogP contribution in [0.3, 0.4) is 0 Å². The molecule has 0 saturated heterocycles. The van der Waals surface area contributed by atoms with E-state index in [9.17, 15) is 9.59 Å². The molecule has 0 spiro atoms. The Morgan fingerprint density at radius 1 is 1.18 bits per heavy atom. The van der Waals surface area contributed by atoms with Crippen LogP contribution in [0.25, 0.3) is 0 Å². The van der Waals surface area contributed by atoms with E-state index in [2.05, 4.69) is 10.3 Å². The number of benzodiazepines with no additional fused rings is 1. The highest BCUT2D eigenvalue weighted by atomic mass is 16.2. The molecule has 2 aromatic carbocycles. The third kappa shape index (κ3) is 4.11. The molecule has 0 aromatic heterocycles. The first kappa shape index (κ1) is 19.7. The van der Waals surface area contributed by atoms with Crippen LogP contribution in [0, 0.1) is 0 Å². The average Bonchev–Trinajstić information content (AvgIpc) is 2.79. The van der Waals surface area contributed by atoms with Crippen LogP contribution in [0.15, 0.2) is 59.6 Å². The van der Waals surface area contributed by atoms with E-state index in [4.69, 9.17) is 5.73 Å². The van der Waals surface area contributed by atoms with Gasteiger partial charge in [-0.3, -0.25) is 9.59 Å². The minimum atomic E-state index is -1.05. The normalized spacial score (nSPS) is 17.6. The molecule has 2 amide bonds. The van der Waals surface area contributed by atoms with Gasteiger partial charge in [0.2, 0.25) is 12.1 Å². The molecule has 0 radical (unpaired) electrons. The molecule has 146 valence electrons. The van der Waals surface area contributed by atoms with Gasteiger partial charge >= 0.3 is 0 Å². The zero-order chi connectivity index (χ0) is 20.3. The number of anilines is 1. The summed E-state index contributed by atoms with van der Waals surface area (Å²) in [4.78, 5) is 33.5. The van der Waals surface area contributed by atoms with Crippen LogP contribution in [0.2, 0.25) is 0 Å². The number of carbonyl (C=O) groups is 2. The molecule has 0 saturated carbocycles. The summed E-state index contributed by atoms with van der Waals surface area (Å²) >= 11 is 0. The third-order valence-corrected chi connectivity index (χ3v) is 4.57. The van der Waals surface area contributed by atoms with Crippen molar-refractivity contribution in [3.8, 4) is 0 Å². The minimum Gasteiger partial charge on any atom is -0.325 e. The molecule has 1 heterocycles. The molecular formula is C21H25N5O2. The Labute approximate surface area is 164 Å². The highest BCUT2D eigenvalue weighted by Crippen LogP contribution is 2.27. The zero-order valence-corrected chi connectivity index (χ0v) is 16.3. The van der Waals surface area contributed by atoms with Gasteiger partial charge in [0, 0.05) is 24.7 Å². The van der Waals surface area contributed by atoms with Gasteiger partial charge in [-0.15, -0.1) is 0 Å². The number of hydrogen-bond donors (Lipinski definition) is 2. The molecule has 0 aliphatic carbocycles. The smallest absolute Gasteiger partial charge is 0.272 e. The van der Waals surface area contributed by atoms with Crippen LogP contribution < -0.4 is 16.0 Å². The predicted molar refractivity (Wildman–Crippen MR) is 110 cm³/mol. The summed E-state index contributed by atoms with van der Waals surface area (Å²) in [6, 6.07) is 16.4. The topological polar surface area (TPSA) is 91.0 Å². The second kappa shape index (κ2) is 8.33. The summed E-state index contributed by atoms with van der Waals surface area (Å²) in [6.07, 6.45) is -1.05. The van der Waals surface area contributed by atoms with Gasteiger partial charge in [0.05, 0.1) is 17.4 Å². The van der Waals surface area contributed by atoms with Gasteiger partial charge in [-0.1, -0.05) is 48.5 Å². The first-order valence-corrected chi connectivity index (χ1v) is 9.09. The standard InChI is InChI=1S/C21H25N5O2/c1-25(2)13-16(22)20(27)24-19-21(28)26(3)17-12-8-7-11-15(17)18(23-19)14-9-5-4-6-10-14/h4-12,16,19H,13,22H2,1-3H3,(H,24,27). The molecule has 7 heteroatoms. The molecular weight excluding hydrogens is 354 g/mol. The number of nitrogens with two attached hydrogens (primary N) is 1. The second-order valence-corrected chi connectivity index (χ2v) is 7.04. The number of benzene rings is 2. The highest BCUT2D eigenvalue weighted by molar-refractivity contribution is 6.20. The number of amides is 2. The quantitative estimate of drug-likeness (QED) is 0.805. The van der Waals surface area contributed by atoms with Gasteiger partial charge in [-0.05, 0) is 20.2 Å². The van der Waals surface area contributed by atoms with Crippen molar-refractivity contribution >= 4 is 23.2 Å². The fourth-order valence-electron chi connectivity index (χ4n) is 3.16. The van der Waals surface area contributed by atoms with Crippen molar-refractivity contribution < 1.29 is 9.59 Å². The fraction of sp³-hybridized carbons (Fsp3) is 0.286. The molecule has 2 unspecified atom stereocenters. The number of rotatable bonds is 5. The van der Waals surface area contributed by atoms with Crippen LogP contribution in [0.5, 0.6) is 0 Å². The van der Waals surface area contributed by atoms with Crippen LogP contribution in [-0.2, 0) is 9.59 Å². The van der Waals surface area contributed by atoms with E-state index < -0.39 is 18.1 Å². The Bertz CT molecular complexity index is 895. The van der Waals surface area contributed by atoms with Gasteiger partial charge in [0.15, 0.2) is 0 Å². The first-order chi connectivity index (χ1) is 13.4.